The number of aryl methyl sites for hydroxylation is 2. The highest BCUT2D eigenvalue weighted by Crippen LogP contribution is 2.20. The highest BCUT2D eigenvalue weighted by Gasteiger charge is 2.25. The summed E-state index contributed by atoms with van der Waals surface area (Å²) >= 11 is 3.35. The number of carbonyl (C=O) groups excluding carboxylic acids is 1. The molecule has 0 unspecified atom stereocenters. The van der Waals surface area contributed by atoms with E-state index in [9.17, 15) is 14.4 Å². The van der Waals surface area contributed by atoms with Crippen molar-refractivity contribution in [1.29, 1.82) is 0 Å². The molecule has 0 aliphatic heterocycles. The molecule has 3 aromatic heterocycles. The van der Waals surface area contributed by atoms with E-state index in [2.05, 4.69) is 30.9 Å². The summed E-state index contributed by atoms with van der Waals surface area (Å²) in [5.41, 5.74) is 7.87. The summed E-state index contributed by atoms with van der Waals surface area (Å²) in [6.45, 7) is 7.56. The van der Waals surface area contributed by atoms with Crippen LogP contribution in [0.3, 0.4) is 0 Å². The molecule has 0 saturated carbocycles. The molecule has 3 rings (SSSR count). The fraction of sp³-hybridized carbons (Fsp3) is 0.318. The van der Waals surface area contributed by atoms with Gasteiger partial charge in [-0.15, -0.1) is 0 Å². The predicted octanol–water partition coefficient (Wildman–Crippen LogP) is 2.57. The van der Waals surface area contributed by atoms with Crippen LogP contribution in [0.5, 0.6) is 0 Å². The van der Waals surface area contributed by atoms with Crippen LogP contribution in [-0.2, 0) is 13.1 Å². The summed E-state index contributed by atoms with van der Waals surface area (Å²) in [6, 6.07) is 7.02. The van der Waals surface area contributed by atoms with Crippen molar-refractivity contribution in [2.45, 2.75) is 46.7 Å². The van der Waals surface area contributed by atoms with Crippen LogP contribution >= 0.6 is 15.9 Å². The van der Waals surface area contributed by atoms with E-state index in [1.165, 1.54) is 4.57 Å². The Balaban J connectivity index is 2.28. The van der Waals surface area contributed by atoms with Gasteiger partial charge in [0.1, 0.15) is 16.0 Å². The molecule has 0 bridgehead atoms. The number of nitrogens with two attached hydrogens (primary N) is 1. The lowest BCUT2D eigenvalue weighted by molar-refractivity contribution is 0.102. The standard InChI is InChI=1S/C22H24BrN5O3/c1-11(2)18-19(20(29)16-6-12(3)5-13(4)25-16)28(22(31)27-21(18)30)10-14-7-15(9-24)26-17(23)8-14/h5-8,11H,9-10,24H2,1-4H3,(H,27,30,31). The van der Waals surface area contributed by atoms with E-state index >= 15 is 0 Å². The van der Waals surface area contributed by atoms with Crippen LogP contribution in [-0.4, -0.2) is 25.3 Å². The predicted molar refractivity (Wildman–Crippen MR) is 121 cm³/mol. The third kappa shape index (κ3) is 4.88. The van der Waals surface area contributed by atoms with Crippen molar-refractivity contribution in [3.05, 3.63) is 89.2 Å². The molecule has 31 heavy (non-hydrogen) atoms. The molecule has 0 aliphatic rings. The zero-order chi connectivity index (χ0) is 22.9. The molecule has 9 heteroatoms. The average Bonchev–Trinajstić information content (AvgIpc) is 2.67. The van der Waals surface area contributed by atoms with Crippen LogP contribution < -0.4 is 17.0 Å². The Hall–Kier alpha value is -2.91. The highest BCUT2D eigenvalue weighted by atomic mass is 79.9. The van der Waals surface area contributed by atoms with Crippen LogP contribution in [0.15, 0.2) is 38.5 Å². The van der Waals surface area contributed by atoms with E-state index < -0.39 is 17.0 Å². The van der Waals surface area contributed by atoms with E-state index in [0.29, 0.717) is 21.6 Å². The lowest BCUT2D eigenvalue weighted by Crippen LogP contribution is -2.38. The van der Waals surface area contributed by atoms with Gasteiger partial charge in [-0.2, -0.15) is 0 Å². The van der Waals surface area contributed by atoms with E-state index in [1.807, 2.05) is 13.0 Å². The van der Waals surface area contributed by atoms with E-state index in [4.69, 9.17) is 5.73 Å². The topological polar surface area (TPSA) is 124 Å². The Bertz CT molecular complexity index is 1260. The van der Waals surface area contributed by atoms with Gasteiger partial charge < -0.3 is 5.73 Å². The molecule has 0 atom stereocenters. The van der Waals surface area contributed by atoms with Gasteiger partial charge in [0, 0.05) is 17.8 Å². The summed E-state index contributed by atoms with van der Waals surface area (Å²) in [4.78, 5) is 50.0. The van der Waals surface area contributed by atoms with Crippen molar-refractivity contribution in [2.75, 3.05) is 0 Å². The van der Waals surface area contributed by atoms with Gasteiger partial charge in [0.25, 0.3) is 5.56 Å². The molecule has 8 nitrogen and oxygen atoms in total. The number of rotatable bonds is 6. The first-order valence-electron chi connectivity index (χ1n) is 9.83. The van der Waals surface area contributed by atoms with Gasteiger partial charge in [-0.1, -0.05) is 13.8 Å². The van der Waals surface area contributed by atoms with E-state index in [-0.39, 0.29) is 36.0 Å². The van der Waals surface area contributed by atoms with Gasteiger partial charge in [-0.05, 0) is 71.1 Å². The summed E-state index contributed by atoms with van der Waals surface area (Å²) < 4.78 is 1.86. The molecule has 3 aromatic rings. The normalized spacial score (nSPS) is 11.2. The SMILES string of the molecule is Cc1cc(C)nc(C(=O)c2c(C(C)C)c(=O)[nH]c(=O)n2Cc2cc(Br)nc(CN)c2)c1. The first-order valence-corrected chi connectivity index (χ1v) is 10.6. The average molecular weight is 486 g/mol. The number of carbonyl (C=O) groups is 1. The minimum absolute atomic E-state index is 0.0449. The van der Waals surface area contributed by atoms with Gasteiger partial charge in [-0.25, -0.2) is 14.8 Å². The van der Waals surface area contributed by atoms with Crippen molar-refractivity contribution >= 4 is 21.7 Å². The van der Waals surface area contributed by atoms with Crippen LogP contribution in [0, 0.1) is 13.8 Å². The molecule has 3 heterocycles. The lowest BCUT2D eigenvalue weighted by atomic mass is 9.98. The molecule has 0 aliphatic carbocycles. The monoisotopic (exact) mass is 485 g/mol. The van der Waals surface area contributed by atoms with Crippen LogP contribution in [0.25, 0.3) is 0 Å². The maximum Gasteiger partial charge on any atom is 0.329 e. The molecule has 0 aromatic carbocycles. The summed E-state index contributed by atoms with van der Waals surface area (Å²) in [5, 5.41) is 0. The number of pyridine rings is 2. The molecular weight excluding hydrogens is 462 g/mol. The number of halogens is 1. The van der Waals surface area contributed by atoms with Crippen LogP contribution in [0.1, 0.15) is 64.0 Å². The van der Waals surface area contributed by atoms with Crippen LogP contribution in [0.2, 0.25) is 0 Å². The molecule has 3 N–H and O–H groups in total. The number of H-pyrrole nitrogens is 1. The van der Waals surface area contributed by atoms with E-state index in [0.717, 1.165) is 5.56 Å². The van der Waals surface area contributed by atoms with Crippen molar-refractivity contribution in [3.63, 3.8) is 0 Å². The van der Waals surface area contributed by atoms with Crippen LogP contribution in [0.4, 0.5) is 0 Å². The summed E-state index contributed by atoms with van der Waals surface area (Å²) in [5.74, 6) is -0.755. The first kappa shape index (κ1) is 22.8. The van der Waals surface area contributed by atoms with E-state index in [1.54, 1.807) is 39.0 Å². The highest BCUT2D eigenvalue weighted by molar-refractivity contribution is 9.10. The van der Waals surface area contributed by atoms with Gasteiger partial charge in [0.05, 0.1) is 12.2 Å². The number of hydrogen-bond donors (Lipinski definition) is 2. The van der Waals surface area contributed by atoms with Crippen molar-refractivity contribution < 1.29 is 4.79 Å². The minimum atomic E-state index is -0.663. The van der Waals surface area contributed by atoms with Gasteiger partial charge in [0.2, 0.25) is 5.78 Å². The fourth-order valence-corrected chi connectivity index (χ4v) is 4.11. The Morgan fingerprint density at radius 3 is 2.48 bits per heavy atom. The second-order valence-corrected chi connectivity index (χ2v) is 8.57. The van der Waals surface area contributed by atoms with Gasteiger partial charge in [0.15, 0.2) is 0 Å². The molecule has 0 saturated heterocycles. The molecular formula is C22H24BrN5O3. The number of nitrogens with one attached hydrogen (secondary N) is 1. The zero-order valence-electron chi connectivity index (χ0n) is 17.8. The zero-order valence-corrected chi connectivity index (χ0v) is 19.4. The summed E-state index contributed by atoms with van der Waals surface area (Å²) in [6.07, 6.45) is 0. The summed E-state index contributed by atoms with van der Waals surface area (Å²) in [7, 11) is 0. The largest absolute Gasteiger partial charge is 0.329 e. The quantitative estimate of drug-likeness (QED) is 0.408. The molecule has 0 radical (unpaired) electrons. The number of ketones is 1. The second kappa shape index (κ2) is 9.07. The van der Waals surface area contributed by atoms with Crippen molar-refractivity contribution in [2.24, 2.45) is 5.73 Å². The molecule has 0 fully saturated rings. The minimum Gasteiger partial charge on any atom is -0.325 e. The smallest absolute Gasteiger partial charge is 0.325 e. The number of nitrogens with zero attached hydrogens (tertiary/aromatic N) is 3. The first-order chi connectivity index (χ1) is 14.6. The Kier molecular flexibility index (Phi) is 6.66. The Morgan fingerprint density at radius 1 is 1.16 bits per heavy atom. The van der Waals surface area contributed by atoms with Gasteiger partial charge >= 0.3 is 5.69 Å². The van der Waals surface area contributed by atoms with Crippen molar-refractivity contribution in [1.82, 2.24) is 19.5 Å². The second-order valence-electron chi connectivity index (χ2n) is 7.76. The maximum absolute atomic E-state index is 13.6. The number of hydrogen-bond acceptors (Lipinski definition) is 6. The molecule has 0 spiro atoms. The third-order valence-corrected chi connectivity index (χ3v) is 5.22. The molecule has 0 amide bonds. The maximum atomic E-state index is 13.6. The fourth-order valence-electron chi connectivity index (χ4n) is 3.59. The lowest BCUT2D eigenvalue weighted by Gasteiger charge is -2.18. The number of aromatic nitrogens is 4. The number of aromatic amines is 1. The van der Waals surface area contributed by atoms with Crippen molar-refractivity contribution in [3.8, 4) is 0 Å². The van der Waals surface area contributed by atoms with Gasteiger partial charge in [-0.3, -0.25) is 19.1 Å². The Labute approximate surface area is 187 Å². The molecule has 162 valence electrons. The Morgan fingerprint density at radius 2 is 1.87 bits per heavy atom. The third-order valence-electron chi connectivity index (χ3n) is 4.81.